The van der Waals surface area contributed by atoms with Gasteiger partial charge in [0.2, 0.25) is 0 Å². The molecule has 0 spiro atoms. The number of rotatable bonds is 7. The summed E-state index contributed by atoms with van der Waals surface area (Å²) in [5.74, 6) is 1.90. The van der Waals surface area contributed by atoms with Gasteiger partial charge in [0.1, 0.15) is 12.4 Å². The van der Waals surface area contributed by atoms with Crippen molar-refractivity contribution in [3.63, 3.8) is 0 Å². The number of furan rings is 1. The van der Waals surface area contributed by atoms with Gasteiger partial charge in [-0.3, -0.25) is 9.78 Å². The minimum atomic E-state index is -0.197. The number of benzene rings is 1. The van der Waals surface area contributed by atoms with Crippen molar-refractivity contribution in [3.05, 3.63) is 78.0 Å². The van der Waals surface area contributed by atoms with Gasteiger partial charge in [0, 0.05) is 26.0 Å². The lowest BCUT2D eigenvalue weighted by Crippen LogP contribution is -2.25. The fourth-order valence-corrected chi connectivity index (χ4v) is 2.48. The molecule has 0 saturated heterocycles. The third-order valence-electron chi connectivity index (χ3n) is 3.80. The number of hydrogen-bond acceptors (Lipinski definition) is 5. The van der Waals surface area contributed by atoms with Crippen LogP contribution in [0.5, 0.6) is 11.5 Å². The van der Waals surface area contributed by atoms with Gasteiger partial charge in [-0.2, -0.15) is 0 Å². The van der Waals surface area contributed by atoms with E-state index in [0.717, 1.165) is 5.56 Å². The van der Waals surface area contributed by atoms with Crippen LogP contribution in [0.4, 0.5) is 0 Å². The van der Waals surface area contributed by atoms with E-state index in [1.54, 1.807) is 43.6 Å². The zero-order valence-electron chi connectivity index (χ0n) is 14.7. The van der Waals surface area contributed by atoms with Crippen LogP contribution in [0.2, 0.25) is 0 Å². The molecule has 26 heavy (non-hydrogen) atoms. The van der Waals surface area contributed by atoms with Gasteiger partial charge in [-0.1, -0.05) is 18.2 Å². The molecular weight excluding hydrogens is 332 g/mol. The SMILES string of the molecule is COc1ccccc1OCc1ccc(C(=O)N(C)Cc2cccnc2)o1. The monoisotopic (exact) mass is 352 g/mol. The van der Waals surface area contributed by atoms with Crippen molar-refractivity contribution in [2.24, 2.45) is 0 Å². The Morgan fingerprint density at radius 3 is 2.65 bits per heavy atom. The summed E-state index contributed by atoms with van der Waals surface area (Å²) in [7, 11) is 3.31. The molecule has 0 fully saturated rings. The fourth-order valence-electron chi connectivity index (χ4n) is 2.48. The van der Waals surface area contributed by atoms with Gasteiger partial charge in [-0.25, -0.2) is 0 Å². The lowest BCUT2D eigenvalue weighted by molar-refractivity contribution is 0.0749. The molecule has 0 atom stereocenters. The third-order valence-corrected chi connectivity index (χ3v) is 3.80. The smallest absolute Gasteiger partial charge is 0.289 e. The minimum absolute atomic E-state index is 0.197. The highest BCUT2D eigenvalue weighted by Crippen LogP contribution is 2.26. The van der Waals surface area contributed by atoms with Crippen LogP contribution in [0.1, 0.15) is 21.9 Å². The summed E-state index contributed by atoms with van der Waals surface area (Å²) < 4.78 is 16.6. The highest BCUT2D eigenvalue weighted by molar-refractivity contribution is 5.91. The van der Waals surface area contributed by atoms with Crippen LogP contribution < -0.4 is 9.47 Å². The van der Waals surface area contributed by atoms with Gasteiger partial charge in [-0.05, 0) is 35.9 Å². The molecule has 0 aliphatic carbocycles. The topological polar surface area (TPSA) is 64.8 Å². The minimum Gasteiger partial charge on any atom is -0.493 e. The number of carbonyl (C=O) groups is 1. The van der Waals surface area contributed by atoms with E-state index in [4.69, 9.17) is 13.9 Å². The first-order valence-corrected chi connectivity index (χ1v) is 8.16. The first-order chi connectivity index (χ1) is 12.7. The van der Waals surface area contributed by atoms with Crippen LogP contribution in [0.3, 0.4) is 0 Å². The van der Waals surface area contributed by atoms with E-state index in [0.29, 0.717) is 23.8 Å². The molecule has 6 nitrogen and oxygen atoms in total. The standard InChI is InChI=1S/C20H20N2O4/c1-22(13-15-6-5-11-21-12-15)20(23)19-10-9-16(26-19)14-25-18-8-4-3-7-17(18)24-2/h3-12H,13-14H2,1-2H3. The van der Waals surface area contributed by atoms with Crippen molar-refractivity contribution in [1.29, 1.82) is 0 Å². The number of amides is 1. The number of ether oxygens (including phenoxy) is 2. The molecule has 3 rings (SSSR count). The number of pyridine rings is 1. The second-order valence-electron chi connectivity index (χ2n) is 5.73. The Hall–Kier alpha value is -3.28. The fraction of sp³-hybridized carbons (Fsp3) is 0.200. The van der Waals surface area contributed by atoms with Crippen LogP contribution in [-0.4, -0.2) is 29.9 Å². The van der Waals surface area contributed by atoms with Crippen molar-refractivity contribution >= 4 is 5.91 Å². The van der Waals surface area contributed by atoms with Crippen molar-refractivity contribution < 1.29 is 18.7 Å². The molecule has 1 aromatic carbocycles. The van der Waals surface area contributed by atoms with Gasteiger partial charge >= 0.3 is 0 Å². The maximum Gasteiger partial charge on any atom is 0.289 e. The van der Waals surface area contributed by atoms with E-state index in [1.807, 2.05) is 36.4 Å². The van der Waals surface area contributed by atoms with E-state index >= 15 is 0 Å². The van der Waals surface area contributed by atoms with E-state index in [9.17, 15) is 4.79 Å². The highest BCUT2D eigenvalue weighted by Gasteiger charge is 2.17. The van der Waals surface area contributed by atoms with E-state index in [1.165, 1.54) is 0 Å². The predicted octanol–water partition coefficient (Wildman–Crippen LogP) is 3.53. The van der Waals surface area contributed by atoms with Crippen LogP contribution in [-0.2, 0) is 13.2 Å². The molecule has 0 bridgehead atoms. The third kappa shape index (κ3) is 4.22. The maximum absolute atomic E-state index is 12.5. The van der Waals surface area contributed by atoms with E-state index in [2.05, 4.69) is 4.98 Å². The van der Waals surface area contributed by atoms with Gasteiger partial charge < -0.3 is 18.8 Å². The molecule has 0 radical (unpaired) electrons. The number of carbonyl (C=O) groups excluding carboxylic acids is 1. The van der Waals surface area contributed by atoms with Gasteiger partial charge in [0.05, 0.1) is 7.11 Å². The number of hydrogen-bond donors (Lipinski definition) is 0. The van der Waals surface area contributed by atoms with Crippen molar-refractivity contribution in [3.8, 4) is 11.5 Å². The van der Waals surface area contributed by atoms with E-state index < -0.39 is 0 Å². The Balaban J connectivity index is 1.61. The Bertz CT molecular complexity index is 861. The Morgan fingerprint density at radius 2 is 1.92 bits per heavy atom. The molecule has 2 heterocycles. The average Bonchev–Trinajstić information content (AvgIpc) is 3.15. The van der Waals surface area contributed by atoms with Gasteiger partial charge in [0.15, 0.2) is 17.3 Å². The van der Waals surface area contributed by atoms with Crippen molar-refractivity contribution in [2.75, 3.05) is 14.2 Å². The van der Waals surface area contributed by atoms with Crippen LogP contribution in [0, 0.1) is 0 Å². The van der Waals surface area contributed by atoms with Crippen molar-refractivity contribution in [1.82, 2.24) is 9.88 Å². The zero-order chi connectivity index (χ0) is 18.4. The lowest BCUT2D eigenvalue weighted by atomic mass is 10.2. The first-order valence-electron chi connectivity index (χ1n) is 8.16. The molecule has 0 N–H and O–H groups in total. The second kappa shape index (κ2) is 8.20. The Kier molecular flexibility index (Phi) is 5.53. The zero-order valence-corrected chi connectivity index (χ0v) is 14.7. The van der Waals surface area contributed by atoms with Crippen LogP contribution >= 0.6 is 0 Å². The molecule has 0 aliphatic heterocycles. The lowest BCUT2D eigenvalue weighted by Gasteiger charge is -2.15. The second-order valence-corrected chi connectivity index (χ2v) is 5.73. The molecule has 134 valence electrons. The summed E-state index contributed by atoms with van der Waals surface area (Å²) in [4.78, 5) is 18.1. The number of aromatic nitrogens is 1. The molecule has 0 aliphatic rings. The number of methoxy groups -OCH3 is 1. The number of para-hydroxylation sites is 2. The number of nitrogens with zero attached hydrogens (tertiary/aromatic N) is 2. The summed E-state index contributed by atoms with van der Waals surface area (Å²) in [6.07, 6.45) is 3.43. The Morgan fingerprint density at radius 1 is 1.12 bits per heavy atom. The molecule has 1 amide bonds. The Labute approximate surface area is 152 Å². The molecule has 0 unspecified atom stereocenters. The first kappa shape index (κ1) is 17.5. The summed E-state index contributed by atoms with van der Waals surface area (Å²) in [6.45, 7) is 0.667. The summed E-state index contributed by atoms with van der Waals surface area (Å²) in [5, 5.41) is 0. The average molecular weight is 352 g/mol. The maximum atomic E-state index is 12.5. The molecular formula is C20H20N2O4. The van der Waals surface area contributed by atoms with Gasteiger partial charge in [-0.15, -0.1) is 0 Å². The molecule has 6 heteroatoms. The summed E-state index contributed by atoms with van der Waals surface area (Å²) >= 11 is 0. The predicted molar refractivity (Wildman–Crippen MR) is 96.1 cm³/mol. The van der Waals surface area contributed by atoms with Gasteiger partial charge in [0.25, 0.3) is 5.91 Å². The highest BCUT2D eigenvalue weighted by atomic mass is 16.5. The van der Waals surface area contributed by atoms with Crippen LogP contribution in [0.25, 0.3) is 0 Å². The summed E-state index contributed by atoms with van der Waals surface area (Å²) in [5.41, 5.74) is 0.953. The van der Waals surface area contributed by atoms with E-state index in [-0.39, 0.29) is 18.3 Å². The molecule has 0 saturated carbocycles. The van der Waals surface area contributed by atoms with Crippen molar-refractivity contribution in [2.45, 2.75) is 13.2 Å². The quantitative estimate of drug-likeness (QED) is 0.651. The normalized spacial score (nSPS) is 10.4. The summed E-state index contributed by atoms with van der Waals surface area (Å²) in [6, 6.07) is 14.5. The largest absolute Gasteiger partial charge is 0.493 e. The molecule has 3 aromatic rings. The van der Waals surface area contributed by atoms with Crippen LogP contribution in [0.15, 0.2) is 65.3 Å². The molecule has 2 aromatic heterocycles.